The number of ether oxygens (including phenoxy) is 1. The summed E-state index contributed by atoms with van der Waals surface area (Å²) in [6, 6.07) is 13.4. The Morgan fingerprint density at radius 2 is 1.90 bits per heavy atom. The highest BCUT2D eigenvalue weighted by Gasteiger charge is 2.24. The fourth-order valence-electron chi connectivity index (χ4n) is 2.25. The lowest BCUT2D eigenvalue weighted by Crippen LogP contribution is -2.29. The second kappa shape index (κ2) is 6.60. The van der Waals surface area contributed by atoms with Crippen LogP contribution in [-0.2, 0) is 12.1 Å². The van der Waals surface area contributed by atoms with Crippen LogP contribution in [0.2, 0.25) is 0 Å². The Morgan fingerprint density at radius 3 is 2.52 bits per heavy atom. The van der Waals surface area contributed by atoms with Gasteiger partial charge in [0.15, 0.2) is 0 Å². The van der Waals surface area contributed by atoms with Gasteiger partial charge < -0.3 is 15.6 Å². The van der Waals surface area contributed by atoms with Gasteiger partial charge in [-0.3, -0.25) is 0 Å². The van der Waals surface area contributed by atoms with Crippen molar-refractivity contribution in [3.63, 3.8) is 0 Å². The zero-order valence-corrected chi connectivity index (χ0v) is 13.9. The molecular formula is C17H20BrNO2. The molecule has 0 amide bonds. The van der Waals surface area contributed by atoms with Crippen molar-refractivity contribution in [3.05, 3.63) is 63.6 Å². The molecule has 1 unspecified atom stereocenters. The molecule has 0 fully saturated rings. The van der Waals surface area contributed by atoms with E-state index in [-0.39, 0.29) is 6.61 Å². The maximum Gasteiger partial charge on any atom is 0.126 e. The number of aryl methyl sites for hydroxylation is 1. The molecule has 2 aromatic carbocycles. The minimum Gasteiger partial charge on any atom is -0.490 e. The predicted molar refractivity (Wildman–Crippen MR) is 88.3 cm³/mol. The summed E-state index contributed by atoms with van der Waals surface area (Å²) >= 11 is 3.45. The summed E-state index contributed by atoms with van der Waals surface area (Å²) in [6.07, 6.45) is 0. The molecule has 0 saturated heterocycles. The third kappa shape index (κ3) is 3.84. The zero-order chi connectivity index (χ0) is 15.5. The normalized spacial score (nSPS) is 13.8. The maximum atomic E-state index is 10.6. The first-order valence-corrected chi connectivity index (χ1v) is 7.63. The molecule has 0 radical (unpaired) electrons. The minimum atomic E-state index is -1.05. The first-order chi connectivity index (χ1) is 9.94. The molecule has 21 heavy (non-hydrogen) atoms. The van der Waals surface area contributed by atoms with Gasteiger partial charge in [0.05, 0.1) is 0 Å². The summed E-state index contributed by atoms with van der Waals surface area (Å²) in [5.74, 6) is 0.747. The molecule has 0 saturated carbocycles. The molecule has 0 bridgehead atoms. The fourth-order valence-corrected chi connectivity index (χ4v) is 2.87. The van der Waals surface area contributed by atoms with Gasteiger partial charge in [-0.1, -0.05) is 46.3 Å². The standard InChI is InChI=1S/C17H20BrNO2/c1-12-8-15(18)9-13(10-19)16(12)21-11-17(2,20)14-6-4-3-5-7-14/h3-9,20H,10-11,19H2,1-2H3. The van der Waals surface area contributed by atoms with Gasteiger partial charge in [0.25, 0.3) is 0 Å². The summed E-state index contributed by atoms with van der Waals surface area (Å²) in [6.45, 7) is 4.28. The summed E-state index contributed by atoms with van der Waals surface area (Å²) in [5.41, 5.74) is 7.47. The Bertz CT molecular complexity index is 612. The van der Waals surface area contributed by atoms with Crippen LogP contribution in [0.25, 0.3) is 0 Å². The molecule has 4 heteroatoms. The van der Waals surface area contributed by atoms with Crippen molar-refractivity contribution in [2.45, 2.75) is 26.0 Å². The molecule has 2 rings (SSSR count). The number of hydrogen-bond acceptors (Lipinski definition) is 3. The Morgan fingerprint density at radius 1 is 1.24 bits per heavy atom. The lowest BCUT2D eigenvalue weighted by Gasteiger charge is -2.25. The van der Waals surface area contributed by atoms with E-state index in [4.69, 9.17) is 10.5 Å². The highest BCUT2D eigenvalue weighted by Crippen LogP contribution is 2.30. The molecule has 0 spiro atoms. The Labute approximate surface area is 133 Å². The molecule has 3 N–H and O–H groups in total. The molecule has 2 aromatic rings. The van der Waals surface area contributed by atoms with Crippen LogP contribution in [0.5, 0.6) is 5.75 Å². The second-order valence-corrected chi connectivity index (χ2v) is 6.26. The average molecular weight is 350 g/mol. The van der Waals surface area contributed by atoms with E-state index >= 15 is 0 Å². The van der Waals surface area contributed by atoms with Crippen molar-refractivity contribution in [2.24, 2.45) is 5.73 Å². The lowest BCUT2D eigenvalue weighted by atomic mass is 9.97. The molecule has 0 heterocycles. The van der Waals surface area contributed by atoms with Crippen molar-refractivity contribution in [1.29, 1.82) is 0 Å². The van der Waals surface area contributed by atoms with E-state index in [0.29, 0.717) is 6.54 Å². The molecule has 0 aliphatic heterocycles. The van der Waals surface area contributed by atoms with Crippen LogP contribution in [0, 0.1) is 6.92 Å². The first-order valence-electron chi connectivity index (χ1n) is 6.84. The third-order valence-corrected chi connectivity index (χ3v) is 3.89. The third-order valence-electron chi connectivity index (χ3n) is 3.43. The largest absolute Gasteiger partial charge is 0.490 e. The van der Waals surface area contributed by atoms with Crippen LogP contribution < -0.4 is 10.5 Å². The molecule has 112 valence electrons. The van der Waals surface area contributed by atoms with Crippen molar-refractivity contribution in [1.82, 2.24) is 0 Å². The molecule has 3 nitrogen and oxygen atoms in total. The smallest absolute Gasteiger partial charge is 0.126 e. The van der Waals surface area contributed by atoms with Gasteiger partial charge in [-0.05, 0) is 37.1 Å². The van der Waals surface area contributed by atoms with E-state index in [1.807, 2.05) is 49.4 Å². The van der Waals surface area contributed by atoms with Gasteiger partial charge in [-0.15, -0.1) is 0 Å². The molecule has 0 aliphatic rings. The SMILES string of the molecule is Cc1cc(Br)cc(CN)c1OCC(C)(O)c1ccccc1. The van der Waals surface area contributed by atoms with Crippen molar-refractivity contribution < 1.29 is 9.84 Å². The van der Waals surface area contributed by atoms with E-state index in [2.05, 4.69) is 15.9 Å². The van der Waals surface area contributed by atoms with Crippen molar-refractivity contribution in [2.75, 3.05) is 6.61 Å². The lowest BCUT2D eigenvalue weighted by molar-refractivity contribution is 0.00710. The van der Waals surface area contributed by atoms with E-state index in [0.717, 1.165) is 26.9 Å². The van der Waals surface area contributed by atoms with E-state index in [1.165, 1.54) is 0 Å². The monoisotopic (exact) mass is 349 g/mol. The summed E-state index contributed by atoms with van der Waals surface area (Å²) in [7, 11) is 0. The highest BCUT2D eigenvalue weighted by atomic mass is 79.9. The van der Waals surface area contributed by atoms with E-state index < -0.39 is 5.60 Å². The number of nitrogens with two attached hydrogens (primary N) is 1. The number of aliphatic hydroxyl groups is 1. The first kappa shape index (κ1) is 16.0. The Kier molecular flexibility index (Phi) is 5.04. The molecular weight excluding hydrogens is 330 g/mol. The van der Waals surface area contributed by atoms with Crippen molar-refractivity contribution >= 4 is 15.9 Å². The summed E-state index contributed by atoms with van der Waals surface area (Å²) in [5, 5.41) is 10.6. The fraction of sp³-hybridized carbons (Fsp3) is 0.294. The van der Waals surface area contributed by atoms with Crippen LogP contribution in [0.4, 0.5) is 0 Å². The summed E-state index contributed by atoms with van der Waals surface area (Å²) < 4.78 is 6.86. The maximum absolute atomic E-state index is 10.6. The van der Waals surface area contributed by atoms with E-state index in [9.17, 15) is 5.11 Å². The number of halogens is 1. The van der Waals surface area contributed by atoms with Crippen LogP contribution in [0.3, 0.4) is 0 Å². The number of hydrogen-bond donors (Lipinski definition) is 2. The number of rotatable bonds is 5. The Hall–Kier alpha value is -1.36. The van der Waals surface area contributed by atoms with Crippen molar-refractivity contribution in [3.8, 4) is 5.75 Å². The van der Waals surface area contributed by atoms with Gasteiger partial charge in [0.2, 0.25) is 0 Å². The Balaban J connectivity index is 2.20. The second-order valence-electron chi connectivity index (χ2n) is 5.34. The van der Waals surface area contributed by atoms with Gasteiger partial charge in [0, 0.05) is 16.6 Å². The predicted octanol–water partition coefficient (Wildman–Crippen LogP) is 3.50. The molecule has 1 atom stereocenters. The highest BCUT2D eigenvalue weighted by molar-refractivity contribution is 9.10. The van der Waals surface area contributed by atoms with E-state index in [1.54, 1.807) is 6.92 Å². The molecule has 0 aromatic heterocycles. The van der Waals surface area contributed by atoms with Gasteiger partial charge in [0.1, 0.15) is 18.0 Å². The van der Waals surface area contributed by atoms with Gasteiger partial charge in [-0.2, -0.15) is 0 Å². The zero-order valence-electron chi connectivity index (χ0n) is 12.3. The molecule has 0 aliphatic carbocycles. The van der Waals surface area contributed by atoms with Crippen LogP contribution in [0.15, 0.2) is 46.9 Å². The summed E-state index contributed by atoms with van der Waals surface area (Å²) in [4.78, 5) is 0. The van der Waals surface area contributed by atoms with Gasteiger partial charge in [-0.25, -0.2) is 0 Å². The van der Waals surface area contributed by atoms with Crippen LogP contribution in [-0.4, -0.2) is 11.7 Å². The topological polar surface area (TPSA) is 55.5 Å². The minimum absolute atomic E-state index is 0.173. The van der Waals surface area contributed by atoms with Crippen LogP contribution >= 0.6 is 15.9 Å². The van der Waals surface area contributed by atoms with Gasteiger partial charge >= 0.3 is 0 Å². The quantitative estimate of drug-likeness (QED) is 0.868. The van der Waals surface area contributed by atoms with Crippen LogP contribution in [0.1, 0.15) is 23.6 Å². The number of benzene rings is 2. The average Bonchev–Trinajstić information content (AvgIpc) is 2.46.